The number of carbonyl (C=O) groups is 1. The van der Waals surface area contributed by atoms with Crippen molar-refractivity contribution in [2.45, 2.75) is 70.5 Å². The Morgan fingerprint density at radius 2 is 1.50 bits per heavy atom. The third-order valence-electron chi connectivity index (χ3n) is 7.64. The molecule has 0 spiro atoms. The molecule has 2 aliphatic rings. The minimum Gasteiger partial charge on any atom is -0.352 e. The van der Waals surface area contributed by atoms with Gasteiger partial charge >= 0.3 is 12.4 Å². The van der Waals surface area contributed by atoms with E-state index < -0.39 is 35.4 Å². The number of likely N-dealkylation sites (tertiary alicyclic amines) is 1. The SMILES string of the molecule is CC(C)C1(C(=O)NCc2cc(C(F)(F)F)cc(C(F)(F)F)c2)CC(N2CCC(n3nccn3)CC2)C1. The van der Waals surface area contributed by atoms with E-state index in [4.69, 9.17) is 0 Å². The lowest BCUT2D eigenvalue weighted by Crippen LogP contribution is -2.60. The number of halogens is 6. The van der Waals surface area contributed by atoms with Crippen LogP contribution < -0.4 is 5.32 Å². The van der Waals surface area contributed by atoms with Crippen LogP contribution in [0.25, 0.3) is 0 Å². The van der Waals surface area contributed by atoms with Crippen molar-refractivity contribution >= 4 is 5.91 Å². The predicted octanol–water partition coefficient (Wildman–Crippen LogP) is 5.07. The van der Waals surface area contributed by atoms with Crippen LogP contribution in [0.4, 0.5) is 26.3 Å². The Morgan fingerprint density at radius 3 is 1.97 bits per heavy atom. The Labute approximate surface area is 205 Å². The molecule has 4 rings (SSSR count). The van der Waals surface area contributed by atoms with Crippen molar-refractivity contribution in [1.29, 1.82) is 0 Å². The standard InChI is InChI=1S/C24H29F6N5O/c1-15(2)22(12-20(13-22)34-7-3-19(4-8-34)35-32-5-6-33-35)21(36)31-14-16-9-17(23(25,26)27)11-18(10-16)24(28,29)30/h5-6,9-11,15,19-20H,3-4,7-8,12-14H2,1-2H3,(H,31,36). The number of aromatic nitrogens is 3. The zero-order valence-electron chi connectivity index (χ0n) is 20.0. The van der Waals surface area contributed by atoms with Crippen molar-refractivity contribution in [3.63, 3.8) is 0 Å². The fourth-order valence-corrected chi connectivity index (χ4v) is 5.33. The molecule has 2 aromatic rings. The fraction of sp³-hybridized carbons (Fsp3) is 0.625. The number of nitrogens with one attached hydrogen (secondary N) is 1. The summed E-state index contributed by atoms with van der Waals surface area (Å²) in [5, 5.41) is 11.0. The van der Waals surface area contributed by atoms with E-state index in [0.717, 1.165) is 25.9 Å². The predicted molar refractivity (Wildman–Crippen MR) is 118 cm³/mol. The lowest BCUT2D eigenvalue weighted by molar-refractivity contribution is -0.147. The van der Waals surface area contributed by atoms with E-state index in [1.165, 1.54) is 0 Å². The molecule has 1 saturated heterocycles. The first kappa shape index (κ1) is 26.4. The Balaban J connectivity index is 1.39. The topological polar surface area (TPSA) is 63.1 Å². The Kier molecular flexibility index (Phi) is 7.11. The van der Waals surface area contributed by atoms with Gasteiger partial charge in [-0.1, -0.05) is 13.8 Å². The number of alkyl halides is 6. The molecule has 0 bridgehead atoms. The van der Waals surface area contributed by atoms with Gasteiger partial charge in [0.25, 0.3) is 0 Å². The zero-order chi connectivity index (χ0) is 26.3. The number of piperidine rings is 1. The molecule has 1 aliphatic carbocycles. The van der Waals surface area contributed by atoms with E-state index in [0.29, 0.717) is 25.0 Å². The maximum Gasteiger partial charge on any atom is 0.416 e. The number of hydrogen-bond donors (Lipinski definition) is 1. The van der Waals surface area contributed by atoms with E-state index in [9.17, 15) is 31.1 Å². The summed E-state index contributed by atoms with van der Waals surface area (Å²) in [5.74, 6) is -0.373. The molecule has 0 radical (unpaired) electrons. The molecule has 12 heteroatoms. The van der Waals surface area contributed by atoms with E-state index >= 15 is 0 Å². The number of hydrogen-bond acceptors (Lipinski definition) is 4. The van der Waals surface area contributed by atoms with E-state index in [1.54, 1.807) is 17.2 Å². The molecule has 198 valence electrons. The zero-order valence-corrected chi connectivity index (χ0v) is 20.0. The highest BCUT2D eigenvalue weighted by Crippen LogP contribution is 2.50. The van der Waals surface area contributed by atoms with Gasteiger partial charge in [-0.2, -0.15) is 41.3 Å². The van der Waals surface area contributed by atoms with Crippen molar-refractivity contribution in [2.75, 3.05) is 13.1 Å². The van der Waals surface area contributed by atoms with Gasteiger partial charge < -0.3 is 10.2 Å². The van der Waals surface area contributed by atoms with Gasteiger partial charge in [0, 0.05) is 25.7 Å². The number of rotatable bonds is 6. The van der Waals surface area contributed by atoms with Gasteiger partial charge in [-0.25, -0.2) is 0 Å². The summed E-state index contributed by atoms with van der Waals surface area (Å²) in [5.41, 5.74) is -3.73. The Hall–Kier alpha value is -2.63. The molecule has 6 nitrogen and oxygen atoms in total. The van der Waals surface area contributed by atoms with Crippen LogP contribution in [-0.4, -0.2) is 44.9 Å². The van der Waals surface area contributed by atoms with Crippen molar-refractivity contribution in [2.24, 2.45) is 11.3 Å². The van der Waals surface area contributed by atoms with Gasteiger partial charge in [0.1, 0.15) is 0 Å². The maximum absolute atomic E-state index is 13.2. The molecule has 1 aromatic heterocycles. The molecule has 1 aliphatic heterocycles. The number of carbonyl (C=O) groups excluding carboxylic acids is 1. The van der Waals surface area contributed by atoms with E-state index in [-0.39, 0.29) is 35.5 Å². The summed E-state index contributed by atoms with van der Waals surface area (Å²) < 4.78 is 78.9. The highest BCUT2D eigenvalue weighted by molar-refractivity contribution is 5.84. The first-order chi connectivity index (χ1) is 16.8. The van der Waals surface area contributed by atoms with Crippen LogP contribution in [0.3, 0.4) is 0 Å². The first-order valence-corrected chi connectivity index (χ1v) is 12.0. The largest absolute Gasteiger partial charge is 0.416 e. The van der Waals surface area contributed by atoms with Gasteiger partial charge in [-0.15, -0.1) is 0 Å². The lowest BCUT2D eigenvalue weighted by atomic mass is 9.58. The van der Waals surface area contributed by atoms with Gasteiger partial charge in [-0.3, -0.25) is 4.79 Å². The van der Waals surface area contributed by atoms with Crippen LogP contribution in [0.1, 0.15) is 62.3 Å². The molecular weight excluding hydrogens is 488 g/mol. The van der Waals surface area contributed by atoms with Crippen molar-refractivity contribution < 1.29 is 31.1 Å². The minimum atomic E-state index is -4.93. The molecular formula is C24H29F6N5O. The van der Waals surface area contributed by atoms with Crippen LogP contribution in [0.2, 0.25) is 0 Å². The van der Waals surface area contributed by atoms with E-state index in [1.807, 2.05) is 13.8 Å². The fourth-order valence-electron chi connectivity index (χ4n) is 5.33. The van der Waals surface area contributed by atoms with Crippen molar-refractivity contribution in [1.82, 2.24) is 25.2 Å². The highest BCUT2D eigenvalue weighted by Gasteiger charge is 2.53. The molecule has 2 fully saturated rings. The molecule has 36 heavy (non-hydrogen) atoms. The van der Waals surface area contributed by atoms with Crippen LogP contribution >= 0.6 is 0 Å². The molecule has 1 saturated carbocycles. The van der Waals surface area contributed by atoms with Gasteiger partial charge in [0.05, 0.1) is 35.0 Å². The lowest BCUT2D eigenvalue weighted by Gasteiger charge is -2.54. The van der Waals surface area contributed by atoms with Crippen LogP contribution in [0, 0.1) is 11.3 Å². The Morgan fingerprint density at radius 1 is 0.972 bits per heavy atom. The summed E-state index contributed by atoms with van der Waals surface area (Å²) >= 11 is 0. The highest BCUT2D eigenvalue weighted by atomic mass is 19.4. The average molecular weight is 518 g/mol. The average Bonchev–Trinajstić information content (AvgIpc) is 3.31. The molecule has 2 heterocycles. The normalized spacial score (nSPS) is 24.1. The van der Waals surface area contributed by atoms with Gasteiger partial charge in [0.2, 0.25) is 5.91 Å². The first-order valence-electron chi connectivity index (χ1n) is 12.0. The summed E-state index contributed by atoms with van der Waals surface area (Å²) in [4.78, 5) is 17.2. The molecule has 1 amide bonds. The maximum atomic E-state index is 13.2. The minimum absolute atomic E-state index is 0.0354. The third-order valence-corrected chi connectivity index (χ3v) is 7.64. The second-order valence-electron chi connectivity index (χ2n) is 10.1. The van der Waals surface area contributed by atoms with E-state index in [2.05, 4.69) is 20.4 Å². The van der Waals surface area contributed by atoms with Crippen molar-refractivity contribution in [3.05, 3.63) is 47.3 Å². The molecule has 1 aromatic carbocycles. The number of benzene rings is 1. The molecule has 0 atom stereocenters. The van der Waals surface area contributed by atoms with Crippen LogP contribution in [0.15, 0.2) is 30.6 Å². The summed E-state index contributed by atoms with van der Waals surface area (Å²) in [7, 11) is 0. The third kappa shape index (κ3) is 5.37. The smallest absolute Gasteiger partial charge is 0.352 e. The summed E-state index contributed by atoms with van der Waals surface area (Å²) in [6.07, 6.45) is -3.58. The van der Waals surface area contributed by atoms with Crippen molar-refractivity contribution in [3.8, 4) is 0 Å². The quantitative estimate of drug-likeness (QED) is 0.544. The van der Waals surface area contributed by atoms with Crippen LogP contribution in [-0.2, 0) is 23.7 Å². The molecule has 1 N–H and O–H groups in total. The second-order valence-corrected chi connectivity index (χ2v) is 10.1. The second kappa shape index (κ2) is 9.68. The van der Waals surface area contributed by atoms with Gasteiger partial charge in [0.15, 0.2) is 0 Å². The molecule has 0 unspecified atom stereocenters. The summed E-state index contributed by atoms with van der Waals surface area (Å²) in [6.45, 7) is 5.11. The van der Waals surface area contributed by atoms with Crippen LogP contribution in [0.5, 0.6) is 0 Å². The summed E-state index contributed by atoms with van der Waals surface area (Å²) in [6, 6.07) is 1.83. The monoisotopic (exact) mass is 517 g/mol. The Bertz CT molecular complexity index is 1020. The number of amides is 1. The van der Waals surface area contributed by atoms with Gasteiger partial charge in [-0.05, 0) is 55.4 Å². The number of nitrogens with zero attached hydrogens (tertiary/aromatic N) is 4.